The summed E-state index contributed by atoms with van der Waals surface area (Å²) in [5.74, 6) is -1.18. The normalized spacial score (nSPS) is 19.7. The molecule has 0 aromatic rings. The number of ether oxygens (including phenoxy) is 3. The molecule has 70 heavy (non-hydrogen) atoms. The number of carbonyl (C=O) groups is 2. The summed E-state index contributed by atoms with van der Waals surface area (Å²) in [4.78, 5) is 26.5. The Morgan fingerprint density at radius 1 is 0.543 bits per heavy atom. The van der Waals surface area contributed by atoms with Crippen molar-refractivity contribution >= 4 is 11.9 Å². The van der Waals surface area contributed by atoms with Gasteiger partial charge >= 0.3 is 5.97 Å². The Morgan fingerprint density at radius 2 is 0.929 bits per heavy atom. The first-order chi connectivity index (χ1) is 34.2. The van der Waals surface area contributed by atoms with Crippen molar-refractivity contribution < 1.29 is 49.3 Å². The smallest absolute Gasteiger partial charge is 0.306 e. The third kappa shape index (κ3) is 36.3. The van der Waals surface area contributed by atoms with Crippen molar-refractivity contribution in [1.29, 1.82) is 0 Å². The van der Waals surface area contributed by atoms with Gasteiger partial charge in [-0.2, -0.15) is 0 Å². The molecular formula is C59H113NO10. The van der Waals surface area contributed by atoms with Gasteiger partial charge in [-0.15, -0.1) is 0 Å². The number of amides is 1. The fourth-order valence-electron chi connectivity index (χ4n) is 9.65. The Labute approximate surface area is 429 Å². The second-order valence-corrected chi connectivity index (χ2v) is 21.1. The van der Waals surface area contributed by atoms with Crippen molar-refractivity contribution in [1.82, 2.24) is 5.32 Å². The molecule has 0 radical (unpaired) electrons. The van der Waals surface area contributed by atoms with E-state index in [1.54, 1.807) is 6.08 Å². The van der Waals surface area contributed by atoms with Gasteiger partial charge in [0.1, 0.15) is 24.4 Å². The minimum atomic E-state index is -1.60. The number of unbranched alkanes of at least 4 members (excludes halogenated alkanes) is 37. The molecule has 6 N–H and O–H groups in total. The highest BCUT2D eigenvalue weighted by molar-refractivity contribution is 5.80. The summed E-state index contributed by atoms with van der Waals surface area (Å²) in [6.45, 7) is 5.81. The molecule has 1 amide bonds. The lowest BCUT2D eigenvalue weighted by atomic mass is 9.99. The number of aliphatic hydroxyl groups is 5. The van der Waals surface area contributed by atoms with E-state index in [2.05, 4.69) is 26.1 Å². The van der Waals surface area contributed by atoms with Crippen molar-refractivity contribution in [2.75, 3.05) is 13.2 Å². The summed E-state index contributed by atoms with van der Waals surface area (Å²) in [6, 6.07) is -1.01. The number of hydrogen-bond acceptors (Lipinski definition) is 10. The number of hydrogen-bond donors (Lipinski definition) is 6. The molecule has 0 aromatic heterocycles. The molecule has 0 aromatic carbocycles. The first-order valence-electron chi connectivity index (χ1n) is 30.0. The molecule has 0 bridgehead atoms. The Morgan fingerprint density at radius 3 is 1.34 bits per heavy atom. The highest BCUT2D eigenvalue weighted by atomic mass is 16.7. The summed E-state index contributed by atoms with van der Waals surface area (Å²) in [5.41, 5.74) is 0. The van der Waals surface area contributed by atoms with Crippen LogP contribution in [-0.4, -0.2) is 99.6 Å². The molecule has 11 heteroatoms. The lowest BCUT2D eigenvalue weighted by molar-refractivity contribution is -0.305. The number of nitrogens with one attached hydrogen (secondary N) is 1. The number of carbonyl (C=O) groups excluding carboxylic acids is 2. The molecule has 1 aliphatic rings. The number of rotatable bonds is 51. The molecule has 11 nitrogen and oxygen atoms in total. The van der Waals surface area contributed by atoms with Gasteiger partial charge in [-0.05, 0) is 25.7 Å². The monoisotopic (exact) mass is 996 g/mol. The SMILES string of the molecule is CCCCCCCCCCCCC/C=C/C(O)C(COC1OC(CO)C(O)C(O)C1OC(=O)CCCCCCCCCCCCCCCCC)NC(=O)C(O)CCCCCCCCCCCCCCC. The van der Waals surface area contributed by atoms with Crippen LogP contribution in [0.5, 0.6) is 0 Å². The van der Waals surface area contributed by atoms with Gasteiger partial charge in [-0.1, -0.05) is 270 Å². The van der Waals surface area contributed by atoms with E-state index in [1.807, 2.05) is 6.08 Å². The van der Waals surface area contributed by atoms with E-state index in [1.165, 1.54) is 186 Å². The standard InChI is InChI=1S/C59H113NO10/c1-4-7-10-13-16-19-22-25-26-29-32-35-38-41-44-47-54(64)70-57-56(66)55(65)53(48-61)69-59(57)68-49-50(51(62)45-42-39-36-33-30-27-23-20-17-14-11-8-5-2)60-58(67)52(63)46-43-40-37-34-31-28-24-21-18-15-12-9-6-3/h42,45,50-53,55-57,59,61-63,65-66H,4-41,43-44,46-49H2,1-3H3,(H,60,67)/b45-42+. The fraction of sp³-hybridized carbons (Fsp3) is 0.932. The largest absolute Gasteiger partial charge is 0.454 e. The van der Waals surface area contributed by atoms with Crippen molar-refractivity contribution in [2.45, 2.75) is 339 Å². The van der Waals surface area contributed by atoms with E-state index in [0.717, 1.165) is 57.8 Å². The maximum absolute atomic E-state index is 13.4. The maximum Gasteiger partial charge on any atom is 0.306 e. The highest BCUT2D eigenvalue weighted by Crippen LogP contribution is 2.26. The van der Waals surface area contributed by atoms with Crippen LogP contribution in [0.15, 0.2) is 12.2 Å². The second kappa shape index (κ2) is 48.3. The van der Waals surface area contributed by atoms with Crippen LogP contribution < -0.4 is 5.32 Å². The van der Waals surface area contributed by atoms with Gasteiger partial charge < -0.3 is 45.1 Å². The van der Waals surface area contributed by atoms with Gasteiger partial charge in [0.25, 0.3) is 0 Å². The van der Waals surface area contributed by atoms with Gasteiger partial charge in [0.15, 0.2) is 12.4 Å². The van der Waals surface area contributed by atoms with Crippen molar-refractivity contribution in [3.8, 4) is 0 Å². The maximum atomic E-state index is 13.4. The Hall–Kier alpha value is -1.60. The molecule has 1 rings (SSSR count). The summed E-state index contributed by atoms with van der Waals surface area (Å²) >= 11 is 0. The van der Waals surface area contributed by atoms with Crippen LogP contribution in [-0.2, 0) is 23.8 Å². The van der Waals surface area contributed by atoms with E-state index in [0.29, 0.717) is 19.3 Å². The Balaban J connectivity index is 2.71. The molecule has 1 heterocycles. The molecule has 8 atom stereocenters. The van der Waals surface area contributed by atoms with Crippen LogP contribution in [0.2, 0.25) is 0 Å². The lowest BCUT2D eigenvalue weighted by Gasteiger charge is -2.41. The van der Waals surface area contributed by atoms with Gasteiger partial charge in [0.2, 0.25) is 5.91 Å². The van der Waals surface area contributed by atoms with E-state index < -0.39 is 67.4 Å². The molecule has 8 unspecified atom stereocenters. The number of esters is 1. The van der Waals surface area contributed by atoms with Gasteiger partial charge in [-0.25, -0.2) is 0 Å². The first kappa shape index (κ1) is 66.4. The average molecular weight is 997 g/mol. The lowest BCUT2D eigenvalue weighted by Crippen LogP contribution is -2.61. The van der Waals surface area contributed by atoms with Crippen LogP contribution in [0.3, 0.4) is 0 Å². The van der Waals surface area contributed by atoms with Crippen LogP contribution >= 0.6 is 0 Å². The molecule has 1 saturated heterocycles. The topological polar surface area (TPSA) is 175 Å². The zero-order valence-electron chi connectivity index (χ0n) is 45.7. The molecular weight excluding hydrogens is 883 g/mol. The van der Waals surface area contributed by atoms with Crippen LogP contribution in [0.25, 0.3) is 0 Å². The molecule has 1 fully saturated rings. The Bertz CT molecular complexity index is 1190. The summed E-state index contributed by atoms with van der Waals surface area (Å²) in [6.07, 6.45) is 42.5. The van der Waals surface area contributed by atoms with Crippen LogP contribution in [0.4, 0.5) is 0 Å². The molecule has 1 aliphatic heterocycles. The van der Waals surface area contributed by atoms with E-state index >= 15 is 0 Å². The fourth-order valence-corrected chi connectivity index (χ4v) is 9.65. The minimum absolute atomic E-state index is 0.131. The predicted octanol–water partition coefficient (Wildman–Crippen LogP) is 13.6. The first-order valence-corrected chi connectivity index (χ1v) is 30.0. The third-order valence-corrected chi connectivity index (χ3v) is 14.4. The van der Waals surface area contributed by atoms with Gasteiger partial charge in [0, 0.05) is 6.42 Å². The number of aliphatic hydroxyl groups excluding tert-OH is 5. The summed E-state index contributed by atoms with van der Waals surface area (Å²) in [5, 5.41) is 56.9. The third-order valence-electron chi connectivity index (χ3n) is 14.4. The van der Waals surface area contributed by atoms with Crippen molar-refractivity contribution in [2.24, 2.45) is 0 Å². The van der Waals surface area contributed by atoms with Crippen molar-refractivity contribution in [3.05, 3.63) is 12.2 Å². The molecule has 0 aliphatic carbocycles. The van der Waals surface area contributed by atoms with Crippen LogP contribution in [0, 0.1) is 0 Å². The van der Waals surface area contributed by atoms with E-state index in [9.17, 15) is 35.1 Å². The highest BCUT2D eigenvalue weighted by Gasteiger charge is 2.47. The average Bonchev–Trinajstić information content (AvgIpc) is 3.36. The van der Waals surface area contributed by atoms with Gasteiger partial charge in [0.05, 0.1) is 25.4 Å². The minimum Gasteiger partial charge on any atom is -0.454 e. The van der Waals surface area contributed by atoms with E-state index in [4.69, 9.17) is 14.2 Å². The zero-order chi connectivity index (χ0) is 51.1. The predicted molar refractivity (Wildman–Crippen MR) is 288 cm³/mol. The van der Waals surface area contributed by atoms with E-state index in [-0.39, 0.29) is 13.0 Å². The van der Waals surface area contributed by atoms with Crippen molar-refractivity contribution in [3.63, 3.8) is 0 Å². The number of allylic oxidation sites excluding steroid dienone is 1. The molecule has 0 saturated carbocycles. The summed E-state index contributed by atoms with van der Waals surface area (Å²) in [7, 11) is 0. The van der Waals surface area contributed by atoms with Gasteiger partial charge in [-0.3, -0.25) is 9.59 Å². The Kier molecular flexibility index (Phi) is 45.9. The van der Waals surface area contributed by atoms with Crippen LogP contribution in [0.1, 0.15) is 290 Å². The molecule has 0 spiro atoms. The molecule has 414 valence electrons. The summed E-state index contributed by atoms with van der Waals surface area (Å²) < 4.78 is 17.6. The second-order valence-electron chi connectivity index (χ2n) is 21.1. The zero-order valence-corrected chi connectivity index (χ0v) is 45.7. The quantitative estimate of drug-likeness (QED) is 0.0195.